The zero-order chi connectivity index (χ0) is 13.4. The number of hydrogen-bond donors (Lipinski definition) is 1. The van der Waals surface area contributed by atoms with Gasteiger partial charge in [0.25, 0.3) is 0 Å². The van der Waals surface area contributed by atoms with Crippen LogP contribution in [-0.4, -0.2) is 33.0 Å². The Morgan fingerprint density at radius 2 is 2.11 bits per heavy atom. The number of benzene rings is 1. The van der Waals surface area contributed by atoms with Gasteiger partial charge in [0, 0.05) is 13.2 Å². The molecular formula is C14H22FNO2. The first kappa shape index (κ1) is 14.9. The number of methoxy groups -OCH3 is 1. The number of nitrogens with two attached hydrogens (primary N) is 1. The zero-order valence-electron chi connectivity index (χ0n) is 11.1. The second-order valence-electron chi connectivity index (χ2n) is 4.49. The van der Waals surface area contributed by atoms with Crippen LogP contribution in [0.25, 0.3) is 0 Å². The average molecular weight is 255 g/mol. The average Bonchev–Trinajstić information content (AvgIpc) is 2.38. The SMILES string of the molecule is COCCOc1cccc(CC(N)C(C)CF)c1. The van der Waals surface area contributed by atoms with Crippen LogP contribution in [0.3, 0.4) is 0 Å². The maximum Gasteiger partial charge on any atom is 0.119 e. The van der Waals surface area contributed by atoms with E-state index in [-0.39, 0.29) is 18.6 Å². The zero-order valence-corrected chi connectivity index (χ0v) is 11.1. The van der Waals surface area contributed by atoms with Crippen molar-refractivity contribution in [1.82, 2.24) is 0 Å². The van der Waals surface area contributed by atoms with Gasteiger partial charge in [0.1, 0.15) is 12.4 Å². The molecule has 2 atom stereocenters. The molecule has 4 heteroatoms. The van der Waals surface area contributed by atoms with Gasteiger partial charge in [-0.1, -0.05) is 19.1 Å². The van der Waals surface area contributed by atoms with Gasteiger partial charge in [0.2, 0.25) is 0 Å². The Morgan fingerprint density at radius 1 is 1.33 bits per heavy atom. The van der Waals surface area contributed by atoms with Crippen LogP contribution in [0, 0.1) is 5.92 Å². The molecule has 102 valence electrons. The number of ether oxygens (including phenoxy) is 2. The highest BCUT2D eigenvalue weighted by molar-refractivity contribution is 5.29. The van der Waals surface area contributed by atoms with Crippen LogP contribution in [0.15, 0.2) is 24.3 Å². The Kier molecular flexibility index (Phi) is 6.68. The van der Waals surface area contributed by atoms with E-state index in [0.717, 1.165) is 11.3 Å². The van der Waals surface area contributed by atoms with Gasteiger partial charge in [-0.15, -0.1) is 0 Å². The molecule has 18 heavy (non-hydrogen) atoms. The summed E-state index contributed by atoms with van der Waals surface area (Å²) in [7, 11) is 1.64. The lowest BCUT2D eigenvalue weighted by Gasteiger charge is -2.17. The minimum atomic E-state index is -0.384. The summed E-state index contributed by atoms with van der Waals surface area (Å²) >= 11 is 0. The van der Waals surface area contributed by atoms with Gasteiger partial charge in [-0.3, -0.25) is 4.39 Å². The maximum absolute atomic E-state index is 12.5. The number of halogens is 1. The number of rotatable bonds is 8. The molecule has 0 radical (unpaired) electrons. The summed E-state index contributed by atoms with van der Waals surface area (Å²) in [5, 5.41) is 0. The van der Waals surface area contributed by atoms with Crippen molar-refractivity contribution in [3.63, 3.8) is 0 Å². The van der Waals surface area contributed by atoms with Crippen LogP contribution < -0.4 is 10.5 Å². The molecule has 0 aliphatic heterocycles. The minimum Gasteiger partial charge on any atom is -0.491 e. The van der Waals surface area contributed by atoms with E-state index < -0.39 is 0 Å². The van der Waals surface area contributed by atoms with Crippen molar-refractivity contribution in [1.29, 1.82) is 0 Å². The molecule has 0 aliphatic carbocycles. The van der Waals surface area contributed by atoms with Crippen molar-refractivity contribution in [2.45, 2.75) is 19.4 Å². The lowest BCUT2D eigenvalue weighted by Crippen LogP contribution is -2.31. The van der Waals surface area contributed by atoms with Crippen LogP contribution >= 0.6 is 0 Å². The van der Waals surface area contributed by atoms with Crippen molar-refractivity contribution in [3.05, 3.63) is 29.8 Å². The van der Waals surface area contributed by atoms with Crippen LogP contribution in [0.2, 0.25) is 0 Å². The summed E-state index contributed by atoms with van der Waals surface area (Å²) in [5.74, 6) is 0.674. The van der Waals surface area contributed by atoms with Crippen LogP contribution in [0.4, 0.5) is 4.39 Å². The van der Waals surface area contributed by atoms with E-state index in [0.29, 0.717) is 19.6 Å². The molecule has 0 saturated heterocycles. The molecule has 1 rings (SSSR count). The Morgan fingerprint density at radius 3 is 2.78 bits per heavy atom. The van der Waals surface area contributed by atoms with Crippen molar-refractivity contribution in [3.8, 4) is 5.75 Å². The summed E-state index contributed by atoms with van der Waals surface area (Å²) in [6, 6.07) is 7.58. The Balaban J connectivity index is 2.53. The first-order chi connectivity index (χ1) is 8.67. The van der Waals surface area contributed by atoms with Crippen LogP contribution in [0.5, 0.6) is 5.75 Å². The Hall–Kier alpha value is -1.13. The van der Waals surface area contributed by atoms with E-state index in [1.165, 1.54) is 0 Å². The van der Waals surface area contributed by atoms with Gasteiger partial charge in [-0.25, -0.2) is 0 Å². The summed E-state index contributed by atoms with van der Waals surface area (Å²) in [6.07, 6.45) is 0.659. The van der Waals surface area contributed by atoms with Gasteiger partial charge in [-0.05, 0) is 30.0 Å². The molecule has 3 nitrogen and oxygen atoms in total. The van der Waals surface area contributed by atoms with Crippen LogP contribution in [-0.2, 0) is 11.2 Å². The van der Waals surface area contributed by atoms with Crippen molar-refractivity contribution >= 4 is 0 Å². The third-order valence-electron chi connectivity index (χ3n) is 2.90. The highest BCUT2D eigenvalue weighted by atomic mass is 19.1. The van der Waals surface area contributed by atoms with E-state index in [1.807, 2.05) is 31.2 Å². The molecule has 2 N–H and O–H groups in total. The summed E-state index contributed by atoms with van der Waals surface area (Å²) in [4.78, 5) is 0. The van der Waals surface area contributed by atoms with Gasteiger partial charge in [0.05, 0.1) is 13.3 Å². The minimum absolute atomic E-state index is 0.122. The van der Waals surface area contributed by atoms with E-state index >= 15 is 0 Å². The van der Waals surface area contributed by atoms with Gasteiger partial charge in [-0.2, -0.15) is 0 Å². The molecular weight excluding hydrogens is 233 g/mol. The van der Waals surface area contributed by atoms with Crippen LogP contribution in [0.1, 0.15) is 12.5 Å². The van der Waals surface area contributed by atoms with Crippen molar-refractivity contribution in [2.24, 2.45) is 11.7 Å². The summed E-state index contributed by atoms with van der Waals surface area (Å²) in [5.41, 5.74) is 7.00. The monoisotopic (exact) mass is 255 g/mol. The Labute approximate surface area is 108 Å². The van der Waals surface area contributed by atoms with E-state index in [2.05, 4.69) is 0 Å². The number of hydrogen-bond acceptors (Lipinski definition) is 3. The molecule has 0 fully saturated rings. The normalized spacial score (nSPS) is 14.2. The predicted molar refractivity (Wildman–Crippen MR) is 70.6 cm³/mol. The standard InChI is InChI=1S/C14H22FNO2/c1-11(10-15)14(16)9-12-4-3-5-13(8-12)18-7-6-17-2/h3-5,8,11,14H,6-7,9-10,16H2,1-2H3. The molecule has 0 amide bonds. The summed E-state index contributed by atoms with van der Waals surface area (Å²) < 4.78 is 22.9. The third kappa shape index (κ3) is 5.02. The molecule has 1 aromatic rings. The highest BCUT2D eigenvalue weighted by Gasteiger charge is 2.13. The van der Waals surface area contributed by atoms with Gasteiger partial charge in [0.15, 0.2) is 0 Å². The molecule has 0 saturated carbocycles. The highest BCUT2D eigenvalue weighted by Crippen LogP contribution is 2.16. The van der Waals surface area contributed by atoms with E-state index in [4.69, 9.17) is 15.2 Å². The topological polar surface area (TPSA) is 44.5 Å². The van der Waals surface area contributed by atoms with E-state index in [1.54, 1.807) is 7.11 Å². The molecule has 0 heterocycles. The first-order valence-corrected chi connectivity index (χ1v) is 6.19. The second-order valence-corrected chi connectivity index (χ2v) is 4.49. The molecule has 0 aromatic heterocycles. The molecule has 0 bridgehead atoms. The molecule has 2 unspecified atom stereocenters. The van der Waals surface area contributed by atoms with E-state index in [9.17, 15) is 4.39 Å². The lowest BCUT2D eigenvalue weighted by atomic mass is 9.97. The fourth-order valence-corrected chi connectivity index (χ4v) is 1.59. The number of alkyl halides is 1. The van der Waals surface area contributed by atoms with Crippen molar-refractivity contribution < 1.29 is 13.9 Å². The Bertz CT molecular complexity index is 346. The molecule has 0 aliphatic rings. The molecule has 1 aromatic carbocycles. The smallest absolute Gasteiger partial charge is 0.119 e. The molecule has 0 spiro atoms. The van der Waals surface area contributed by atoms with Gasteiger partial charge < -0.3 is 15.2 Å². The van der Waals surface area contributed by atoms with Crippen molar-refractivity contribution in [2.75, 3.05) is 27.0 Å². The fourth-order valence-electron chi connectivity index (χ4n) is 1.59. The quantitative estimate of drug-likeness (QED) is 0.724. The second kappa shape index (κ2) is 8.06. The lowest BCUT2D eigenvalue weighted by molar-refractivity contribution is 0.146. The summed E-state index contributed by atoms with van der Waals surface area (Å²) in [6.45, 7) is 2.52. The third-order valence-corrected chi connectivity index (χ3v) is 2.90. The largest absolute Gasteiger partial charge is 0.491 e. The maximum atomic E-state index is 12.5. The predicted octanol–water partition coefficient (Wildman–Crippen LogP) is 2.19. The fraction of sp³-hybridized carbons (Fsp3) is 0.571. The van der Waals surface area contributed by atoms with Gasteiger partial charge >= 0.3 is 0 Å². The first-order valence-electron chi connectivity index (χ1n) is 6.19.